The Morgan fingerprint density at radius 1 is 0.611 bits per heavy atom. The summed E-state index contributed by atoms with van der Waals surface area (Å²) in [6, 6.07) is 0. The van der Waals surface area contributed by atoms with Crippen molar-refractivity contribution in [1.29, 1.82) is 0 Å². The van der Waals surface area contributed by atoms with Crippen LogP contribution < -0.4 is 0 Å². The summed E-state index contributed by atoms with van der Waals surface area (Å²) in [7, 11) is 0. The number of hydrogen-bond donors (Lipinski definition) is 4. The van der Waals surface area contributed by atoms with Crippen molar-refractivity contribution in [3.8, 4) is 0 Å². The molecular weight excluding hydrogens is 556 g/mol. The van der Waals surface area contributed by atoms with Gasteiger partial charge in [0, 0.05) is 23.0 Å². The number of thiol groups is 4. The molecule has 0 rings (SSSR count). The van der Waals surface area contributed by atoms with Gasteiger partial charge in [-0.15, -0.1) is 0 Å². The molecule has 3 unspecified atom stereocenters. The van der Waals surface area contributed by atoms with Crippen LogP contribution in [-0.2, 0) is 52.4 Å². The molecule has 0 spiro atoms. The van der Waals surface area contributed by atoms with Gasteiger partial charge in [0.05, 0.1) is 18.9 Å². The second-order valence-corrected chi connectivity index (χ2v) is 8.69. The van der Waals surface area contributed by atoms with Crippen molar-refractivity contribution >= 4 is 80.4 Å². The molecule has 0 aromatic rings. The van der Waals surface area contributed by atoms with E-state index in [1.54, 1.807) is 6.92 Å². The molecule has 0 aromatic heterocycles. The molecule has 15 heteroatoms. The van der Waals surface area contributed by atoms with Crippen molar-refractivity contribution in [1.82, 2.24) is 0 Å². The minimum Gasteiger partial charge on any atom is -0.465 e. The molecule has 0 heterocycles. The quantitative estimate of drug-likeness (QED) is 0.0911. The Morgan fingerprint density at radius 2 is 1.08 bits per heavy atom. The molecule has 3 atom stereocenters. The van der Waals surface area contributed by atoms with Crippen molar-refractivity contribution in [3.05, 3.63) is 0 Å². The molecule has 0 N–H and O–H groups in total. The third kappa shape index (κ3) is 14.4. The van der Waals surface area contributed by atoms with Crippen LogP contribution >= 0.6 is 50.5 Å². The average molecular weight is 591 g/mol. The zero-order chi connectivity index (χ0) is 27.3. The highest BCUT2D eigenvalue weighted by Gasteiger charge is 2.47. The zero-order valence-electron chi connectivity index (χ0n) is 20.0. The third-order valence-electron chi connectivity index (χ3n) is 4.16. The first-order valence-electron chi connectivity index (χ1n) is 11.1. The van der Waals surface area contributed by atoms with Crippen LogP contribution in [0.1, 0.15) is 19.8 Å². The maximum Gasteiger partial charge on any atom is 0.336 e. The molecule has 0 aromatic carbocycles. The van der Waals surface area contributed by atoms with E-state index in [2.05, 4.69) is 50.5 Å². The zero-order valence-corrected chi connectivity index (χ0v) is 23.6. The summed E-state index contributed by atoms with van der Waals surface area (Å²) in [5, 5.41) is 0. The molecule has 0 radical (unpaired) electrons. The summed E-state index contributed by atoms with van der Waals surface area (Å²) in [4.78, 5) is 63.4. The molecule has 208 valence electrons. The Balaban J connectivity index is 6.29. The van der Waals surface area contributed by atoms with Crippen molar-refractivity contribution < 1.29 is 52.4 Å². The maximum atomic E-state index is 13.1. The van der Waals surface area contributed by atoms with Gasteiger partial charge in [-0.25, -0.2) is 9.59 Å². The Bertz CT molecular complexity index is 693. The molecule has 0 bridgehead atoms. The van der Waals surface area contributed by atoms with Crippen LogP contribution in [0, 0.1) is 11.8 Å². The smallest absolute Gasteiger partial charge is 0.336 e. The van der Waals surface area contributed by atoms with E-state index in [-0.39, 0.29) is 56.0 Å². The molecule has 0 aliphatic carbocycles. The fraction of sp³-hybridized carbons (Fsp3) is 0.762. The summed E-state index contributed by atoms with van der Waals surface area (Å²) in [5.74, 6) is -7.30. The number of carbonyl (C=O) groups excluding carboxylic acids is 5. The summed E-state index contributed by atoms with van der Waals surface area (Å²) >= 11 is 15.9. The lowest BCUT2D eigenvalue weighted by Crippen LogP contribution is -2.47. The van der Waals surface area contributed by atoms with Crippen molar-refractivity contribution in [2.24, 2.45) is 11.8 Å². The number of esters is 5. The third-order valence-corrected chi connectivity index (χ3v) is 4.89. The highest BCUT2D eigenvalue weighted by atomic mass is 32.1. The van der Waals surface area contributed by atoms with Crippen LogP contribution in [-0.4, -0.2) is 98.6 Å². The van der Waals surface area contributed by atoms with Crippen LogP contribution in [0.25, 0.3) is 0 Å². The van der Waals surface area contributed by atoms with Gasteiger partial charge in [-0.3, -0.25) is 14.4 Å². The van der Waals surface area contributed by atoms with Gasteiger partial charge in [-0.2, -0.15) is 50.5 Å². The van der Waals surface area contributed by atoms with Gasteiger partial charge in [0.2, 0.25) is 0 Å². The predicted octanol–water partition coefficient (Wildman–Crippen LogP) is 0.839. The predicted molar refractivity (Wildman–Crippen MR) is 142 cm³/mol. The van der Waals surface area contributed by atoms with Crippen molar-refractivity contribution in [3.63, 3.8) is 0 Å². The summed E-state index contributed by atoms with van der Waals surface area (Å²) in [5.41, 5.74) is 0. The monoisotopic (exact) mass is 590 g/mol. The Morgan fingerprint density at radius 3 is 1.61 bits per heavy atom. The lowest BCUT2D eigenvalue weighted by molar-refractivity contribution is -0.182. The summed E-state index contributed by atoms with van der Waals surface area (Å²) in [6.45, 7) is 0.598. The van der Waals surface area contributed by atoms with E-state index in [4.69, 9.17) is 28.4 Å². The second-order valence-electron chi connectivity index (χ2n) is 6.91. The molecule has 11 nitrogen and oxygen atoms in total. The normalized spacial score (nSPS) is 13.1. The van der Waals surface area contributed by atoms with E-state index in [0.29, 0.717) is 6.42 Å². The number of ether oxygens (including phenoxy) is 6. The SMILES string of the molecule is CCCOC(=O)C(CC(=O)OCCS)C(C(=O)OCCS)C(OCC(=O)OCCS)C(=O)OCCS. The number of hydrogen-bond acceptors (Lipinski definition) is 15. The molecule has 0 amide bonds. The van der Waals surface area contributed by atoms with Crippen LogP contribution in [0.15, 0.2) is 0 Å². The fourth-order valence-corrected chi connectivity index (χ4v) is 3.08. The number of carbonyl (C=O) groups is 5. The second kappa shape index (κ2) is 21.8. The van der Waals surface area contributed by atoms with Crippen molar-refractivity contribution in [2.45, 2.75) is 25.9 Å². The summed E-state index contributed by atoms with van der Waals surface area (Å²) in [6.07, 6.45) is -2.00. The molecule has 0 saturated heterocycles. The van der Waals surface area contributed by atoms with E-state index < -0.39 is 60.8 Å². The summed E-state index contributed by atoms with van der Waals surface area (Å²) < 4.78 is 30.7. The van der Waals surface area contributed by atoms with Gasteiger partial charge >= 0.3 is 29.8 Å². The molecular formula is C21H34O11S4. The van der Waals surface area contributed by atoms with E-state index in [0.717, 1.165) is 0 Å². The van der Waals surface area contributed by atoms with Gasteiger partial charge in [0.1, 0.15) is 39.0 Å². The Hall–Kier alpha value is -1.29. The first kappa shape index (κ1) is 34.7. The van der Waals surface area contributed by atoms with E-state index in [1.807, 2.05) is 0 Å². The van der Waals surface area contributed by atoms with Crippen molar-refractivity contribution in [2.75, 3.05) is 62.7 Å². The average Bonchev–Trinajstić information content (AvgIpc) is 2.87. The highest BCUT2D eigenvalue weighted by molar-refractivity contribution is 7.80. The molecule has 36 heavy (non-hydrogen) atoms. The largest absolute Gasteiger partial charge is 0.465 e. The van der Waals surface area contributed by atoms with Gasteiger partial charge in [-0.05, 0) is 6.42 Å². The van der Waals surface area contributed by atoms with Crippen LogP contribution in [0.3, 0.4) is 0 Å². The number of rotatable bonds is 20. The lowest BCUT2D eigenvalue weighted by Gasteiger charge is -2.29. The molecule has 0 aliphatic rings. The van der Waals surface area contributed by atoms with Crippen LogP contribution in [0.5, 0.6) is 0 Å². The van der Waals surface area contributed by atoms with Gasteiger partial charge in [0.15, 0.2) is 6.10 Å². The van der Waals surface area contributed by atoms with Gasteiger partial charge in [-0.1, -0.05) is 6.92 Å². The van der Waals surface area contributed by atoms with E-state index in [1.165, 1.54) is 0 Å². The minimum atomic E-state index is -1.82. The fourth-order valence-electron chi connectivity index (χ4n) is 2.71. The highest BCUT2D eigenvalue weighted by Crippen LogP contribution is 2.27. The first-order chi connectivity index (χ1) is 17.3. The van der Waals surface area contributed by atoms with Crippen LogP contribution in [0.4, 0.5) is 0 Å². The van der Waals surface area contributed by atoms with E-state index in [9.17, 15) is 24.0 Å². The van der Waals surface area contributed by atoms with Crippen LogP contribution in [0.2, 0.25) is 0 Å². The lowest BCUT2D eigenvalue weighted by atomic mass is 9.84. The van der Waals surface area contributed by atoms with Gasteiger partial charge < -0.3 is 28.4 Å². The molecule has 0 aliphatic heterocycles. The standard InChI is InChI=1S/C21H34O11S4/c1-2-3-29-19(24)14(12-15(22)27-4-8-33)17(20(25)30-6-10-35)18(21(26)31-7-11-36)32-13-16(23)28-5-9-34/h14,17-18,33-36H,2-13H2,1H3. The molecule has 0 saturated carbocycles. The first-order valence-corrected chi connectivity index (χ1v) is 13.7. The Kier molecular flexibility index (Phi) is 21.0. The van der Waals surface area contributed by atoms with E-state index >= 15 is 0 Å². The van der Waals surface area contributed by atoms with Gasteiger partial charge in [0.25, 0.3) is 0 Å². The topological polar surface area (TPSA) is 141 Å². The Labute approximate surface area is 232 Å². The maximum absolute atomic E-state index is 13.1. The molecule has 0 fully saturated rings. The minimum absolute atomic E-state index is 0.00882.